The highest BCUT2D eigenvalue weighted by Crippen LogP contribution is 2.39. The van der Waals surface area contributed by atoms with E-state index in [2.05, 4.69) is 10.6 Å². The van der Waals surface area contributed by atoms with Crippen molar-refractivity contribution in [2.75, 3.05) is 32.0 Å². The van der Waals surface area contributed by atoms with Crippen molar-refractivity contribution in [1.29, 1.82) is 0 Å². The third kappa shape index (κ3) is 6.39. The number of nitrogens with one attached hydrogen (secondary N) is 2. The van der Waals surface area contributed by atoms with E-state index in [-0.39, 0.29) is 11.8 Å². The van der Waals surface area contributed by atoms with Crippen LogP contribution >= 0.6 is 23.1 Å². The summed E-state index contributed by atoms with van der Waals surface area (Å²) in [5, 5.41) is 6.06. The molecule has 10 heteroatoms. The van der Waals surface area contributed by atoms with E-state index in [9.17, 15) is 14.4 Å². The van der Waals surface area contributed by atoms with Crippen LogP contribution < -0.4 is 20.1 Å². The van der Waals surface area contributed by atoms with E-state index in [1.54, 1.807) is 24.3 Å². The average molecular weight is 569 g/mol. The Balaban J connectivity index is 1.49. The molecule has 2 aromatic carbocycles. The Hall–Kier alpha value is -3.50. The van der Waals surface area contributed by atoms with Crippen LogP contribution in [0.3, 0.4) is 0 Å². The Morgan fingerprint density at radius 2 is 1.64 bits per heavy atom. The van der Waals surface area contributed by atoms with Crippen LogP contribution in [0, 0.1) is 0 Å². The van der Waals surface area contributed by atoms with Crippen molar-refractivity contribution in [3.8, 4) is 11.5 Å². The van der Waals surface area contributed by atoms with Crippen LogP contribution in [0.15, 0.2) is 47.4 Å². The quantitative estimate of drug-likeness (QED) is 0.222. The third-order valence-corrected chi connectivity index (χ3v) is 9.05. The molecule has 2 N–H and O–H groups in total. The van der Waals surface area contributed by atoms with Gasteiger partial charge in [0.05, 0.1) is 32.1 Å². The highest BCUT2D eigenvalue weighted by molar-refractivity contribution is 8.00. The lowest BCUT2D eigenvalue weighted by Gasteiger charge is -2.16. The fraction of sp³-hybridized carbons (Fsp3) is 0.345. The maximum Gasteiger partial charge on any atom is 0.341 e. The van der Waals surface area contributed by atoms with E-state index in [4.69, 9.17) is 14.2 Å². The van der Waals surface area contributed by atoms with E-state index in [1.165, 1.54) is 44.4 Å². The van der Waals surface area contributed by atoms with Gasteiger partial charge in [0.2, 0.25) is 5.91 Å². The summed E-state index contributed by atoms with van der Waals surface area (Å²) in [6.45, 7) is 1.94. The minimum Gasteiger partial charge on any atom is -0.496 e. The Morgan fingerprint density at radius 1 is 0.949 bits per heavy atom. The molecule has 1 heterocycles. The minimum absolute atomic E-state index is 0.181. The first-order valence-corrected chi connectivity index (χ1v) is 14.4. The predicted molar refractivity (Wildman–Crippen MR) is 155 cm³/mol. The molecular formula is C29H32N2O6S2. The number of thiophene rings is 1. The molecule has 1 aliphatic carbocycles. The van der Waals surface area contributed by atoms with Gasteiger partial charge in [0, 0.05) is 15.5 Å². The lowest BCUT2D eigenvalue weighted by molar-refractivity contribution is -0.115. The van der Waals surface area contributed by atoms with E-state index in [1.807, 2.05) is 25.1 Å². The number of hydrogen-bond acceptors (Lipinski definition) is 8. The molecule has 0 saturated heterocycles. The van der Waals surface area contributed by atoms with Gasteiger partial charge in [0.1, 0.15) is 22.1 Å². The van der Waals surface area contributed by atoms with Gasteiger partial charge >= 0.3 is 5.97 Å². The number of fused-ring (bicyclic) bond motifs is 1. The average Bonchev–Trinajstić information content (AvgIpc) is 3.32. The van der Waals surface area contributed by atoms with Crippen molar-refractivity contribution in [3.63, 3.8) is 0 Å². The highest BCUT2D eigenvalue weighted by atomic mass is 32.2. The first-order valence-electron chi connectivity index (χ1n) is 12.7. The molecule has 1 atom stereocenters. The number of methoxy groups -OCH3 is 3. The fourth-order valence-electron chi connectivity index (χ4n) is 4.57. The molecule has 3 aromatic rings. The summed E-state index contributed by atoms with van der Waals surface area (Å²) < 4.78 is 15.7. The molecule has 4 rings (SSSR count). The van der Waals surface area contributed by atoms with E-state index < -0.39 is 11.2 Å². The summed E-state index contributed by atoms with van der Waals surface area (Å²) in [6, 6.07) is 12.5. The molecule has 0 bridgehead atoms. The van der Waals surface area contributed by atoms with Crippen LogP contribution in [0.4, 0.5) is 10.7 Å². The molecule has 0 radical (unpaired) electrons. The van der Waals surface area contributed by atoms with Crippen molar-refractivity contribution < 1.29 is 28.6 Å². The number of carbonyl (C=O) groups is 3. The monoisotopic (exact) mass is 568 g/mol. The zero-order valence-electron chi connectivity index (χ0n) is 22.4. The summed E-state index contributed by atoms with van der Waals surface area (Å²) in [5.74, 6) is -0.156. The first-order chi connectivity index (χ1) is 18.9. The van der Waals surface area contributed by atoms with Crippen LogP contribution in [-0.2, 0) is 22.4 Å². The molecule has 1 aliphatic rings. The van der Waals surface area contributed by atoms with Gasteiger partial charge in [0.25, 0.3) is 5.91 Å². The van der Waals surface area contributed by atoms with Gasteiger partial charge in [-0.15, -0.1) is 23.1 Å². The van der Waals surface area contributed by atoms with Gasteiger partial charge in [-0.25, -0.2) is 4.79 Å². The lowest BCUT2D eigenvalue weighted by atomic mass is 9.95. The van der Waals surface area contributed by atoms with Gasteiger partial charge in [-0.3, -0.25) is 9.59 Å². The van der Waals surface area contributed by atoms with Crippen molar-refractivity contribution in [1.82, 2.24) is 0 Å². The van der Waals surface area contributed by atoms with Crippen LogP contribution in [0.1, 0.15) is 57.3 Å². The number of aryl methyl sites for hydroxylation is 1. The van der Waals surface area contributed by atoms with Gasteiger partial charge in [-0.1, -0.05) is 19.1 Å². The molecule has 39 heavy (non-hydrogen) atoms. The number of rotatable bonds is 10. The molecule has 206 valence electrons. The second-order valence-corrected chi connectivity index (χ2v) is 11.3. The summed E-state index contributed by atoms with van der Waals surface area (Å²) in [6.07, 6.45) is 4.39. The summed E-state index contributed by atoms with van der Waals surface area (Å²) >= 11 is 2.87. The first kappa shape index (κ1) is 28.5. The van der Waals surface area contributed by atoms with Crippen LogP contribution in [0.2, 0.25) is 0 Å². The number of anilines is 2. The topological polar surface area (TPSA) is 103 Å². The number of hydrogen-bond donors (Lipinski definition) is 2. The number of amides is 2. The van der Waals surface area contributed by atoms with Crippen molar-refractivity contribution >= 4 is 51.6 Å². The molecule has 1 unspecified atom stereocenters. The molecule has 8 nitrogen and oxygen atoms in total. The van der Waals surface area contributed by atoms with Crippen molar-refractivity contribution in [3.05, 3.63) is 64.0 Å². The SMILES string of the molecule is CCC(Sc1cccc(NC(=O)c2c(OC)cccc2OC)c1)C(=O)Nc1sc2c(c1C(=O)OC)CCCC2. The number of benzene rings is 2. The van der Waals surface area contributed by atoms with Gasteiger partial charge in [-0.2, -0.15) is 0 Å². The number of ether oxygens (including phenoxy) is 3. The predicted octanol–water partition coefficient (Wildman–Crippen LogP) is 6.19. The van der Waals surface area contributed by atoms with Gasteiger partial charge in [-0.05, 0) is 68.0 Å². The molecule has 0 fully saturated rings. The zero-order chi connectivity index (χ0) is 27.9. The largest absolute Gasteiger partial charge is 0.496 e. The summed E-state index contributed by atoms with van der Waals surface area (Å²) in [4.78, 5) is 41.0. The van der Waals surface area contributed by atoms with E-state index >= 15 is 0 Å². The molecule has 2 amide bonds. The summed E-state index contributed by atoms with van der Waals surface area (Å²) in [5.41, 5.74) is 2.37. The fourth-order valence-corrected chi connectivity index (χ4v) is 6.86. The van der Waals surface area contributed by atoms with Gasteiger partial charge in [0.15, 0.2) is 0 Å². The van der Waals surface area contributed by atoms with Crippen LogP contribution in [-0.4, -0.2) is 44.4 Å². The number of carbonyl (C=O) groups excluding carboxylic acids is 3. The van der Waals surface area contributed by atoms with Gasteiger partial charge < -0.3 is 24.8 Å². The third-order valence-electron chi connectivity index (χ3n) is 6.49. The second-order valence-electron chi connectivity index (χ2n) is 8.93. The molecule has 0 spiro atoms. The minimum atomic E-state index is -0.416. The van der Waals surface area contributed by atoms with Crippen molar-refractivity contribution in [2.45, 2.75) is 49.2 Å². The second kappa shape index (κ2) is 13.0. The van der Waals surface area contributed by atoms with E-state index in [0.717, 1.165) is 41.0 Å². The molecule has 1 aromatic heterocycles. The maximum atomic E-state index is 13.3. The maximum absolute atomic E-state index is 13.3. The molecule has 0 saturated carbocycles. The lowest BCUT2D eigenvalue weighted by Crippen LogP contribution is -2.25. The van der Waals surface area contributed by atoms with E-state index in [0.29, 0.717) is 39.7 Å². The Bertz CT molecular complexity index is 1350. The van der Waals surface area contributed by atoms with Crippen LogP contribution in [0.25, 0.3) is 0 Å². The highest BCUT2D eigenvalue weighted by Gasteiger charge is 2.28. The summed E-state index contributed by atoms with van der Waals surface area (Å²) in [7, 11) is 4.36. The Kier molecular flexibility index (Phi) is 9.53. The number of thioether (sulfide) groups is 1. The van der Waals surface area contributed by atoms with Crippen molar-refractivity contribution in [2.24, 2.45) is 0 Å². The standard InChI is InChI=1S/C29H32N2O6S2/c1-5-22(26(32)31-28-24(29(34)37-4)19-12-6-7-15-23(19)39-28)38-18-11-8-10-17(16-18)30-27(33)25-20(35-2)13-9-14-21(25)36-3/h8-11,13-14,16,22H,5-7,12,15H2,1-4H3,(H,30,33)(H,31,32). The Morgan fingerprint density at radius 3 is 2.31 bits per heavy atom. The molecular weight excluding hydrogens is 536 g/mol. The zero-order valence-corrected chi connectivity index (χ0v) is 24.1. The Labute approximate surface area is 236 Å². The number of esters is 1. The normalized spacial score (nSPS) is 13.1. The molecule has 0 aliphatic heterocycles. The smallest absolute Gasteiger partial charge is 0.341 e. The van der Waals surface area contributed by atoms with Crippen LogP contribution in [0.5, 0.6) is 11.5 Å².